The van der Waals surface area contributed by atoms with Crippen molar-refractivity contribution in [3.8, 4) is 5.75 Å². The van der Waals surface area contributed by atoms with E-state index in [4.69, 9.17) is 4.74 Å². The Bertz CT molecular complexity index is 275. The Hall–Kier alpha value is -1.02. The highest BCUT2D eigenvalue weighted by Crippen LogP contribution is 2.27. The summed E-state index contributed by atoms with van der Waals surface area (Å²) < 4.78 is 5.06. The minimum Gasteiger partial charge on any atom is -0.497 e. The standard InChI is InChI=1S/C12H18O2/c1-4-9-12(2,13)10-5-7-11(14-3)8-6-10/h5-8,13H,4,9H2,1-3H3/t12-/m0/s1. The predicted octanol–water partition coefficient (Wildman–Crippen LogP) is 2.70. The summed E-state index contributed by atoms with van der Waals surface area (Å²) in [5, 5.41) is 10.1. The van der Waals surface area contributed by atoms with Crippen LogP contribution in [0.4, 0.5) is 0 Å². The molecule has 0 unspecified atom stereocenters. The van der Waals surface area contributed by atoms with E-state index in [1.807, 2.05) is 31.2 Å². The van der Waals surface area contributed by atoms with Crippen LogP contribution in [-0.2, 0) is 5.60 Å². The maximum atomic E-state index is 10.1. The van der Waals surface area contributed by atoms with Crippen molar-refractivity contribution in [2.24, 2.45) is 0 Å². The van der Waals surface area contributed by atoms with Crippen LogP contribution in [0, 0.1) is 0 Å². The smallest absolute Gasteiger partial charge is 0.118 e. The molecule has 14 heavy (non-hydrogen) atoms. The molecule has 2 nitrogen and oxygen atoms in total. The molecule has 1 aromatic rings. The summed E-state index contributed by atoms with van der Waals surface area (Å²) in [6.45, 7) is 3.91. The molecule has 78 valence electrons. The van der Waals surface area contributed by atoms with E-state index in [-0.39, 0.29) is 0 Å². The number of hydrogen-bond donors (Lipinski definition) is 1. The van der Waals surface area contributed by atoms with E-state index < -0.39 is 5.60 Å². The van der Waals surface area contributed by atoms with Crippen LogP contribution < -0.4 is 4.74 Å². The second kappa shape index (κ2) is 4.47. The molecule has 0 aliphatic heterocycles. The molecule has 1 rings (SSSR count). The third-order valence-electron chi connectivity index (χ3n) is 2.45. The van der Waals surface area contributed by atoms with E-state index in [0.717, 1.165) is 24.2 Å². The molecule has 0 saturated carbocycles. The fourth-order valence-corrected chi connectivity index (χ4v) is 1.58. The van der Waals surface area contributed by atoms with Gasteiger partial charge in [0.15, 0.2) is 0 Å². The number of ether oxygens (including phenoxy) is 1. The van der Waals surface area contributed by atoms with Gasteiger partial charge in [-0.25, -0.2) is 0 Å². The maximum absolute atomic E-state index is 10.1. The number of benzene rings is 1. The van der Waals surface area contributed by atoms with Crippen molar-refractivity contribution in [2.45, 2.75) is 32.3 Å². The van der Waals surface area contributed by atoms with Crippen molar-refractivity contribution in [2.75, 3.05) is 7.11 Å². The molecular formula is C12H18O2. The van der Waals surface area contributed by atoms with E-state index >= 15 is 0 Å². The third kappa shape index (κ3) is 2.48. The van der Waals surface area contributed by atoms with Crippen LogP contribution in [0.25, 0.3) is 0 Å². The Labute approximate surface area is 85.5 Å². The quantitative estimate of drug-likeness (QED) is 0.798. The normalized spacial score (nSPS) is 14.9. The minimum absolute atomic E-state index is 0.721. The van der Waals surface area contributed by atoms with Crippen LogP contribution in [0.3, 0.4) is 0 Å². The van der Waals surface area contributed by atoms with Gasteiger partial charge in [0.25, 0.3) is 0 Å². The molecule has 0 heterocycles. The molecule has 2 heteroatoms. The van der Waals surface area contributed by atoms with E-state index in [1.165, 1.54) is 0 Å². The lowest BCUT2D eigenvalue weighted by Crippen LogP contribution is -2.20. The van der Waals surface area contributed by atoms with Crippen LogP contribution in [0.1, 0.15) is 32.3 Å². The molecule has 0 aliphatic rings. The van der Waals surface area contributed by atoms with Crippen molar-refractivity contribution in [1.82, 2.24) is 0 Å². The van der Waals surface area contributed by atoms with Crippen LogP contribution >= 0.6 is 0 Å². The number of hydrogen-bond acceptors (Lipinski definition) is 2. The summed E-state index contributed by atoms with van der Waals surface area (Å²) in [6, 6.07) is 7.57. The summed E-state index contributed by atoms with van der Waals surface area (Å²) in [4.78, 5) is 0. The van der Waals surface area contributed by atoms with Gasteiger partial charge in [-0.05, 0) is 31.0 Å². The zero-order valence-electron chi connectivity index (χ0n) is 9.08. The van der Waals surface area contributed by atoms with Crippen molar-refractivity contribution in [1.29, 1.82) is 0 Å². The van der Waals surface area contributed by atoms with Gasteiger partial charge in [-0.3, -0.25) is 0 Å². The SMILES string of the molecule is CCC[C@](C)(O)c1ccc(OC)cc1. The van der Waals surface area contributed by atoms with Crippen molar-refractivity contribution in [3.63, 3.8) is 0 Å². The van der Waals surface area contributed by atoms with Crippen LogP contribution in [0.5, 0.6) is 5.75 Å². The van der Waals surface area contributed by atoms with E-state index in [2.05, 4.69) is 6.92 Å². The Kier molecular flexibility index (Phi) is 3.53. The molecule has 0 aromatic heterocycles. The summed E-state index contributed by atoms with van der Waals surface area (Å²) in [6.07, 6.45) is 1.75. The van der Waals surface area contributed by atoms with Crippen LogP contribution in [0.15, 0.2) is 24.3 Å². The van der Waals surface area contributed by atoms with Gasteiger partial charge in [0.1, 0.15) is 5.75 Å². The van der Waals surface area contributed by atoms with Gasteiger partial charge in [-0.2, -0.15) is 0 Å². The Morgan fingerprint density at radius 2 is 1.86 bits per heavy atom. The highest BCUT2D eigenvalue weighted by atomic mass is 16.5. The van der Waals surface area contributed by atoms with Crippen molar-refractivity contribution < 1.29 is 9.84 Å². The summed E-state index contributed by atoms with van der Waals surface area (Å²) in [7, 11) is 1.64. The summed E-state index contributed by atoms with van der Waals surface area (Å²) in [5.74, 6) is 0.820. The molecule has 1 atom stereocenters. The lowest BCUT2D eigenvalue weighted by atomic mass is 9.91. The molecule has 0 bridgehead atoms. The number of rotatable bonds is 4. The predicted molar refractivity (Wildman–Crippen MR) is 57.5 cm³/mol. The first-order valence-electron chi connectivity index (χ1n) is 4.97. The molecule has 0 aliphatic carbocycles. The van der Waals surface area contributed by atoms with Crippen LogP contribution in [0.2, 0.25) is 0 Å². The fourth-order valence-electron chi connectivity index (χ4n) is 1.58. The molecule has 0 amide bonds. The third-order valence-corrected chi connectivity index (χ3v) is 2.45. The van der Waals surface area contributed by atoms with Gasteiger partial charge in [0.2, 0.25) is 0 Å². The van der Waals surface area contributed by atoms with Crippen LogP contribution in [-0.4, -0.2) is 12.2 Å². The van der Waals surface area contributed by atoms with Gasteiger partial charge in [0, 0.05) is 0 Å². The monoisotopic (exact) mass is 194 g/mol. The molecule has 0 saturated heterocycles. The van der Waals surface area contributed by atoms with Crippen molar-refractivity contribution in [3.05, 3.63) is 29.8 Å². The molecule has 1 N–H and O–H groups in total. The molecule has 0 spiro atoms. The maximum Gasteiger partial charge on any atom is 0.118 e. The number of aliphatic hydroxyl groups is 1. The number of methoxy groups -OCH3 is 1. The Morgan fingerprint density at radius 1 is 1.29 bits per heavy atom. The zero-order valence-corrected chi connectivity index (χ0v) is 9.08. The fraction of sp³-hybridized carbons (Fsp3) is 0.500. The average Bonchev–Trinajstić information content (AvgIpc) is 2.18. The van der Waals surface area contributed by atoms with Crippen molar-refractivity contribution >= 4 is 0 Å². The second-order valence-corrected chi connectivity index (χ2v) is 3.75. The first-order valence-corrected chi connectivity index (χ1v) is 4.97. The van der Waals surface area contributed by atoms with Gasteiger partial charge in [-0.15, -0.1) is 0 Å². The lowest BCUT2D eigenvalue weighted by molar-refractivity contribution is 0.0469. The van der Waals surface area contributed by atoms with E-state index in [9.17, 15) is 5.11 Å². The van der Waals surface area contributed by atoms with Gasteiger partial charge in [-0.1, -0.05) is 25.5 Å². The highest BCUT2D eigenvalue weighted by Gasteiger charge is 2.21. The zero-order chi connectivity index (χ0) is 10.6. The van der Waals surface area contributed by atoms with Gasteiger partial charge < -0.3 is 9.84 Å². The van der Waals surface area contributed by atoms with E-state index in [1.54, 1.807) is 7.11 Å². The minimum atomic E-state index is -0.721. The van der Waals surface area contributed by atoms with Gasteiger partial charge in [0.05, 0.1) is 12.7 Å². The lowest BCUT2D eigenvalue weighted by Gasteiger charge is -2.23. The summed E-state index contributed by atoms with van der Waals surface area (Å²) in [5.41, 5.74) is 0.223. The highest BCUT2D eigenvalue weighted by molar-refractivity contribution is 5.30. The molecule has 1 aromatic carbocycles. The molecule has 0 radical (unpaired) electrons. The second-order valence-electron chi connectivity index (χ2n) is 3.75. The average molecular weight is 194 g/mol. The summed E-state index contributed by atoms with van der Waals surface area (Å²) >= 11 is 0. The Morgan fingerprint density at radius 3 is 2.29 bits per heavy atom. The molecular weight excluding hydrogens is 176 g/mol. The van der Waals surface area contributed by atoms with E-state index in [0.29, 0.717) is 0 Å². The first kappa shape index (κ1) is 11.1. The first-order chi connectivity index (χ1) is 6.60. The largest absolute Gasteiger partial charge is 0.497 e. The Balaban J connectivity index is 2.85. The van der Waals surface area contributed by atoms with Gasteiger partial charge >= 0.3 is 0 Å². The topological polar surface area (TPSA) is 29.5 Å². The molecule has 0 fully saturated rings.